The molecule has 0 aromatic heterocycles. The first-order chi connectivity index (χ1) is 10.8. The molecule has 1 atom stereocenters. The zero-order chi connectivity index (χ0) is 18.5. The lowest BCUT2D eigenvalue weighted by atomic mass is 9.96. The summed E-state index contributed by atoms with van der Waals surface area (Å²) in [5.41, 5.74) is 0. The van der Waals surface area contributed by atoms with Crippen LogP contribution in [-0.2, 0) is 14.4 Å². The summed E-state index contributed by atoms with van der Waals surface area (Å²) in [5, 5.41) is -0.268. The minimum absolute atomic E-state index is 0.228. The Hall–Kier alpha value is -1.31. The molecule has 2 heterocycles. The maximum absolute atomic E-state index is 14.5. The molecule has 2 aliphatic heterocycles. The normalized spacial score (nSPS) is 22.6. The molecule has 24 heavy (non-hydrogen) atoms. The van der Waals surface area contributed by atoms with Crippen molar-refractivity contribution < 1.29 is 23.2 Å². The minimum Gasteiger partial charge on any atom is -0.359 e. The molecule has 0 bridgehead atoms. The number of amides is 2. The van der Waals surface area contributed by atoms with E-state index >= 15 is 0 Å². The average Bonchev–Trinajstić information content (AvgIpc) is 2.94. The van der Waals surface area contributed by atoms with Gasteiger partial charge in [0.05, 0.1) is 12.5 Å². The van der Waals surface area contributed by atoms with Gasteiger partial charge in [-0.15, -0.1) is 0 Å². The van der Waals surface area contributed by atoms with Gasteiger partial charge in [0.2, 0.25) is 11.7 Å². The van der Waals surface area contributed by atoms with Crippen LogP contribution < -0.4 is 0 Å². The first-order valence-electron chi connectivity index (χ1n) is 8.35. The lowest BCUT2D eigenvalue weighted by Crippen LogP contribution is -2.72. The second kappa shape index (κ2) is 5.89. The van der Waals surface area contributed by atoms with E-state index in [-0.39, 0.29) is 30.5 Å². The van der Waals surface area contributed by atoms with Crippen molar-refractivity contribution in [2.75, 3.05) is 13.1 Å². The van der Waals surface area contributed by atoms with Crippen molar-refractivity contribution in [2.24, 2.45) is 0 Å². The molecule has 0 aromatic rings. The molecule has 2 aliphatic rings. The predicted octanol–water partition coefficient (Wildman–Crippen LogP) is 2.42. The fourth-order valence-electron chi connectivity index (χ4n) is 3.12. The maximum Gasteiger partial charge on any atom is 0.383 e. The number of Topliss-reactive ketones (excluding diaryl/α,β-unsaturated/α-hetero) is 1. The van der Waals surface area contributed by atoms with Crippen molar-refractivity contribution in [3.8, 4) is 0 Å². The number of alkyl halides is 2. The van der Waals surface area contributed by atoms with Crippen LogP contribution in [0.2, 0.25) is 18.1 Å². The van der Waals surface area contributed by atoms with E-state index in [0.29, 0.717) is 12.8 Å². The Labute approximate surface area is 142 Å². The summed E-state index contributed by atoms with van der Waals surface area (Å²) in [6.45, 7) is 10.1. The summed E-state index contributed by atoms with van der Waals surface area (Å²) in [7, 11) is -2.45. The number of hydrogen-bond donors (Lipinski definition) is 0. The smallest absolute Gasteiger partial charge is 0.359 e. The molecule has 8 heteroatoms. The van der Waals surface area contributed by atoms with Gasteiger partial charge in [-0.2, -0.15) is 8.78 Å². The lowest BCUT2D eigenvalue weighted by Gasteiger charge is -2.54. The zero-order valence-electron chi connectivity index (χ0n) is 15.0. The third kappa shape index (κ3) is 2.89. The van der Waals surface area contributed by atoms with E-state index in [4.69, 9.17) is 0 Å². The van der Waals surface area contributed by atoms with E-state index in [0.717, 1.165) is 4.90 Å². The van der Waals surface area contributed by atoms with Crippen LogP contribution in [0.25, 0.3) is 0 Å². The van der Waals surface area contributed by atoms with Crippen LogP contribution in [-0.4, -0.2) is 60.4 Å². The molecule has 0 N–H and O–H groups in total. The van der Waals surface area contributed by atoms with Crippen LogP contribution >= 0.6 is 0 Å². The fraction of sp³-hybridized carbons (Fsp3) is 0.812. The van der Waals surface area contributed by atoms with Crippen LogP contribution in [0.5, 0.6) is 0 Å². The van der Waals surface area contributed by atoms with E-state index in [1.165, 1.54) is 4.57 Å². The summed E-state index contributed by atoms with van der Waals surface area (Å²) < 4.78 is 30.3. The Kier molecular flexibility index (Phi) is 4.67. The molecule has 2 saturated heterocycles. The van der Waals surface area contributed by atoms with Crippen molar-refractivity contribution >= 4 is 25.8 Å². The summed E-state index contributed by atoms with van der Waals surface area (Å²) in [4.78, 5) is 37.6. The summed E-state index contributed by atoms with van der Waals surface area (Å²) >= 11 is 0. The molecule has 0 unspecified atom stereocenters. The number of carbonyl (C=O) groups excluding carboxylic acids is 3. The van der Waals surface area contributed by atoms with Crippen LogP contribution in [0.15, 0.2) is 0 Å². The number of hydrogen-bond acceptors (Lipinski definition) is 3. The molecule has 136 valence electrons. The Morgan fingerprint density at radius 2 is 1.62 bits per heavy atom. The van der Waals surface area contributed by atoms with E-state index < -0.39 is 31.9 Å². The third-order valence-electron chi connectivity index (χ3n) is 5.66. The van der Waals surface area contributed by atoms with Crippen molar-refractivity contribution in [2.45, 2.75) is 70.1 Å². The number of β-lactam (4-membered cyclic amide) rings is 1. The standard InChI is InChI=1S/C16H26F2N2O3Si/c1-15(2,3)24(4,5)20-11(10-12(20)21)13(22)16(17,18)14(23)19-8-6-7-9-19/h11H,6-10H2,1-5H3/t11-/m0/s1. The summed E-state index contributed by atoms with van der Waals surface area (Å²) in [6, 6.07) is -1.18. The van der Waals surface area contributed by atoms with Gasteiger partial charge in [-0.3, -0.25) is 14.4 Å². The van der Waals surface area contributed by atoms with Gasteiger partial charge in [0.25, 0.3) is 0 Å². The second-order valence-corrected chi connectivity index (χ2v) is 13.3. The highest BCUT2D eigenvalue weighted by Crippen LogP contribution is 2.44. The van der Waals surface area contributed by atoms with E-state index in [1.807, 2.05) is 33.9 Å². The van der Waals surface area contributed by atoms with Gasteiger partial charge in [-0.1, -0.05) is 33.9 Å². The first kappa shape index (κ1) is 19.0. The van der Waals surface area contributed by atoms with Gasteiger partial charge in [-0.25, -0.2) is 0 Å². The third-order valence-corrected chi connectivity index (χ3v) is 11.1. The maximum atomic E-state index is 14.5. The van der Waals surface area contributed by atoms with Crippen molar-refractivity contribution in [1.29, 1.82) is 0 Å². The average molecular weight is 360 g/mol. The number of rotatable bonds is 4. The Bertz CT molecular complexity index is 566. The van der Waals surface area contributed by atoms with Crippen molar-refractivity contribution in [3.05, 3.63) is 0 Å². The highest BCUT2D eigenvalue weighted by atomic mass is 28.3. The molecule has 0 spiro atoms. The molecule has 0 aliphatic carbocycles. The summed E-state index contributed by atoms with van der Waals surface area (Å²) in [5.74, 6) is -7.18. The second-order valence-electron chi connectivity index (χ2n) is 8.23. The lowest BCUT2D eigenvalue weighted by molar-refractivity contribution is -0.172. The van der Waals surface area contributed by atoms with Gasteiger partial charge in [-0.05, 0) is 17.9 Å². The fourth-order valence-corrected chi connectivity index (χ4v) is 5.55. The highest BCUT2D eigenvalue weighted by Gasteiger charge is 2.61. The van der Waals surface area contributed by atoms with Gasteiger partial charge >= 0.3 is 11.8 Å². The Balaban J connectivity index is 2.22. The molecule has 0 saturated carbocycles. The monoisotopic (exact) mass is 360 g/mol. The topological polar surface area (TPSA) is 57.7 Å². The van der Waals surface area contributed by atoms with Gasteiger partial charge in [0.15, 0.2) is 8.24 Å². The Morgan fingerprint density at radius 3 is 2.04 bits per heavy atom. The highest BCUT2D eigenvalue weighted by molar-refractivity contribution is 6.80. The number of carbonyl (C=O) groups is 3. The molecule has 2 amide bonds. The number of likely N-dealkylation sites (tertiary alicyclic amines) is 1. The molecule has 2 fully saturated rings. The van der Waals surface area contributed by atoms with Gasteiger partial charge < -0.3 is 9.47 Å². The largest absolute Gasteiger partial charge is 0.383 e. The predicted molar refractivity (Wildman–Crippen MR) is 88.2 cm³/mol. The van der Waals surface area contributed by atoms with Gasteiger partial charge in [0, 0.05) is 13.1 Å². The van der Waals surface area contributed by atoms with E-state index in [1.54, 1.807) is 0 Å². The number of nitrogens with zero attached hydrogens (tertiary/aromatic N) is 2. The number of ketones is 1. The van der Waals surface area contributed by atoms with Crippen LogP contribution in [0.1, 0.15) is 40.0 Å². The quantitative estimate of drug-likeness (QED) is 0.439. The molecule has 2 rings (SSSR count). The number of halogens is 2. The summed E-state index contributed by atoms with van der Waals surface area (Å²) in [6.07, 6.45) is 1.12. The zero-order valence-corrected chi connectivity index (χ0v) is 16.0. The molecular formula is C16H26F2N2O3Si. The van der Waals surface area contributed by atoms with Gasteiger partial charge in [0.1, 0.15) is 0 Å². The molecule has 5 nitrogen and oxygen atoms in total. The van der Waals surface area contributed by atoms with E-state index in [9.17, 15) is 23.2 Å². The van der Waals surface area contributed by atoms with Crippen molar-refractivity contribution in [3.63, 3.8) is 0 Å². The van der Waals surface area contributed by atoms with Crippen molar-refractivity contribution in [1.82, 2.24) is 9.47 Å². The minimum atomic E-state index is -4.06. The molecule has 0 aromatic carbocycles. The van der Waals surface area contributed by atoms with Crippen LogP contribution in [0.4, 0.5) is 8.78 Å². The van der Waals surface area contributed by atoms with E-state index in [2.05, 4.69) is 0 Å². The molecular weight excluding hydrogens is 334 g/mol. The first-order valence-corrected chi connectivity index (χ1v) is 11.3. The molecule has 0 radical (unpaired) electrons. The van der Waals surface area contributed by atoms with Crippen LogP contribution in [0.3, 0.4) is 0 Å². The Morgan fingerprint density at radius 1 is 1.12 bits per heavy atom. The van der Waals surface area contributed by atoms with Crippen LogP contribution in [0, 0.1) is 0 Å². The SMILES string of the molecule is CC(C)(C)[Si](C)(C)N1C(=O)C[C@H]1C(=O)C(F)(F)C(=O)N1CCCC1.